The van der Waals surface area contributed by atoms with Crippen LogP contribution in [0.15, 0.2) is 29.4 Å². The van der Waals surface area contributed by atoms with Crippen molar-refractivity contribution in [1.29, 1.82) is 0 Å². The van der Waals surface area contributed by atoms with Crippen LogP contribution in [0.1, 0.15) is 25.0 Å². The molecule has 1 heterocycles. The topological polar surface area (TPSA) is 31.7 Å². The van der Waals surface area contributed by atoms with Gasteiger partial charge in [0.25, 0.3) is 0 Å². The average molecular weight is 260 g/mol. The quantitative estimate of drug-likeness (QED) is 0.615. The molecule has 0 saturated heterocycles. The summed E-state index contributed by atoms with van der Waals surface area (Å²) in [5.41, 5.74) is 1.36. The van der Waals surface area contributed by atoms with Crippen LogP contribution >= 0.6 is 0 Å². The van der Waals surface area contributed by atoms with Crippen molar-refractivity contribution < 1.29 is 0 Å². The van der Waals surface area contributed by atoms with Gasteiger partial charge in [-0.05, 0) is 25.0 Å². The fraction of sp³-hybridized carbons (Fsp3) is 0.600. The van der Waals surface area contributed by atoms with E-state index in [1.165, 1.54) is 25.0 Å². The molecule has 0 unspecified atom stereocenters. The van der Waals surface area contributed by atoms with E-state index >= 15 is 0 Å². The van der Waals surface area contributed by atoms with Gasteiger partial charge in [-0.3, -0.25) is 9.98 Å². The first-order chi connectivity index (χ1) is 9.05. The molecule has 2 rings (SSSR count). The summed E-state index contributed by atoms with van der Waals surface area (Å²) >= 11 is 0. The van der Waals surface area contributed by atoms with Gasteiger partial charge in [0.15, 0.2) is 5.96 Å². The molecule has 0 aliphatic heterocycles. The Balaban J connectivity index is 2.18. The zero-order valence-electron chi connectivity index (χ0n) is 12.4. The average Bonchev–Trinajstić information content (AvgIpc) is 2.32. The maximum Gasteiger partial charge on any atom is 0.195 e. The van der Waals surface area contributed by atoms with Crippen molar-refractivity contribution in [2.75, 3.05) is 34.7 Å². The number of guanidine groups is 1. The molecule has 1 aromatic rings. The predicted octanol–water partition coefficient (Wildman–Crippen LogP) is 1.98. The van der Waals surface area contributed by atoms with Crippen LogP contribution in [0.4, 0.5) is 0 Å². The van der Waals surface area contributed by atoms with Gasteiger partial charge >= 0.3 is 0 Å². The monoisotopic (exact) mass is 260 g/mol. The highest BCUT2D eigenvalue weighted by atomic mass is 15.3. The Hall–Kier alpha value is -1.58. The van der Waals surface area contributed by atoms with E-state index in [1.807, 2.05) is 40.5 Å². The summed E-state index contributed by atoms with van der Waals surface area (Å²) in [5.74, 6) is 1.02. The van der Waals surface area contributed by atoms with Gasteiger partial charge in [-0.2, -0.15) is 0 Å². The van der Waals surface area contributed by atoms with Crippen molar-refractivity contribution >= 4 is 5.96 Å². The molecule has 0 atom stereocenters. The fourth-order valence-corrected chi connectivity index (χ4v) is 2.68. The summed E-state index contributed by atoms with van der Waals surface area (Å²) in [7, 11) is 8.14. The van der Waals surface area contributed by atoms with Crippen LogP contribution in [-0.4, -0.2) is 55.5 Å². The van der Waals surface area contributed by atoms with Crippen molar-refractivity contribution in [1.82, 2.24) is 14.8 Å². The second-order valence-corrected chi connectivity index (χ2v) is 5.75. The minimum absolute atomic E-state index is 0.165. The predicted molar refractivity (Wildman–Crippen MR) is 79.4 cm³/mol. The molecule has 0 spiro atoms. The second kappa shape index (κ2) is 5.59. The first kappa shape index (κ1) is 13.8. The number of hydrogen-bond acceptors (Lipinski definition) is 2. The van der Waals surface area contributed by atoms with Crippen molar-refractivity contribution in [3.8, 4) is 0 Å². The van der Waals surface area contributed by atoms with E-state index < -0.39 is 0 Å². The molecule has 4 nitrogen and oxygen atoms in total. The van der Waals surface area contributed by atoms with Crippen LogP contribution in [-0.2, 0) is 5.41 Å². The van der Waals surface area contributed by atoms with E-state index in [2.05, 4.69) is 26.9 Å². The molecule has 1 saturated carbocycles. The second-order valence-electron chi connectivity index (χ2n) is 5.75. The van der Waals surface area contributed by atoms with Crippen LogP contribution in [0.3, 0.4) is 0 Å². The van der Waals surface area contributed by atoms with Gasteiger partial charge in [-0.25, -0.2) is 0 Å². The zero-order chi connectivity index (χ0) is 13.9. The molecule has 1 aliphatic carbocycles. The molecule has 0 N–H and O–H groups in total. The molecule has 0 bridgehead atoms. The molecular formula is C15H24N4. The Bertz CT molecular complexity index is 423. The van der Waals surface area contributed by atoms with E-state index in [4.69, 9.17) is 4.99 Å². The molecule has 1 aliphatic rings. The standard InChI is InChI=1S/C15H24N4/c1-18(2)14(19(3)4)17-12-15(9-7-10-15)13-8-5-6-11-16-13/h5-6,8,11H,7,9-10,12H2,1-4H3. The Labute approximate surface area is 116 Å². The van der Waals surface area contributed by atoms with E-state index in [0.29, 0.717) is 0 Å². The number of aliphatic imine (C=N–C) groups is 1. The Morgan fingerprint density at radius 2 is 1.89 bits per heavy atom. The minimum atomic E-state index is 0.165. The number of nitrogens with zero attached hydrogens (tertiary/aromatic N) is 4. The zero-order valence-corrected chi connectivity index (χ0v) is 12.4. The van der Waals surface area contributed by atoms with Crippen LogP contribution in [0.5, 0.6) is 0 Å². The first-order valence-corrected chi connectivity index (χ1v) is 6.86. The number of hydrogen-bond donors (Lipinski definition) is 0. The van der Waals surface area contributed by atoms with Crippen LogP contribution in [0, 0.1) is 0 Å². The molecule has 4 heteroatoms. The molecule has 19 heavy (non-hydrogen) atoms. The third kappa shape index (κ3) is 2.88. The maximum atomic E-state index is 4.82. The molecule has 0 amide bonds. The largest absolute Gasteiger partial charge is 0.349 e. The van der Waals surface area contributed by atoms with Gasteiger partial charge in [0, 0.05) is 45.5 Å². The number of rotatable bonds is 3. The molecule has 104 valence electrons. The van der Waals surface area contributed by atoms with Gasteiger partial charge in [0.2, 0.25) is 0 Å². The summed E-state index contributed by atoms with van der Waals surface area (Å²) in [4.78, 5) is 13.5. The molecule has 1 fully saturated rings. The van der Waals surface area contributed by atoms with Gasteiger partial charge in [0.05, 0.1) is 6.54 Å². The fourth-order valence-electron chi connectivity index (χ4n) is 2.68. The van der Waals surface area contributed by atoms with Crippen LogP contribution < -0.4 is 0 Å². The SMILES string of the molecule is CN(C)C(=NCC1(c2ccccn2)CCC1)N(C)C. The van der Waals surface area contributed by atoms with E-state index in [0.717, 1.165) is 12.5 Å². The van der Waals surface area contributed by atoms with Gasteiger partial charge in [-0.1, -0.05) is 12.5 Å². The van der Waals surface area contributed by atoms with Crippen molar-refractivity contribution in [2.24, 2.45) is 4.99 Å². The van der Waals surface area contributed by atoms with Crippen molar-refractivity contribution in [2.45, 2.75) is 24.7 Å². The van der Waals surface area contributed by atoms with E-state index in [9.17, 15) is 0 Å². The summed E-state index contributed by atoms with van der Waals surface area (Å²) in [5, 5.41) is 0. The lowest BCUT2D eigenvalue weighted by Gasteiger charge is -2.40. The van der Waals surface area contributed by atoms with Gasteiger partial charge in [0.1, 0.15) is 0 Å². The normalized spacial score (nSPS) is 16.4. The highest BCUT2D eigenvalue weighted by Crippen LogP contribution is 2.43. The first-order valence-electron chi connectivity index (χ1n) is 6.86. The summed E-state index contributed by atoms with van der Waals surface area (Å²) in [6, 6.07) is 6.19. The Morgan fingerprint density at radius 3 is 2.32 bits per heavy atom. The minimum Gasteiger partial charge on any atom is -0.349 e. The van der Waals surface area contributed by atoms with Crippen molar-refractivity contribution in [3.63, 3.8) is 0 Å². The van der Waals surface area contributed by atoms with Gasteiger partial charge in [-0.15, -0.1) is 0 Å². The lowest BCUT2D eigenvalue weighted by molar-refractivity contribution is 0.245. The van der Waals surface area contributed by atoms with Crippen LogP contribution in [0.2, 0.25) is 0 Å². The van der Waals surface area contributed by atoms with Crippen molar-refractivity contribution in [3.05, 3.63) is 30.1 Å². The number of aromatic nitrogens is 1. The summed E-state index contributed by atoms with van der Waals surface area (Å²) in [6.45, 7) is 0.829. The Morgan fingerprint density at radius 1 is 1.21 bits per heavy atom. The summed E-state index contributed by atoms with van der Waals surface area (Å²) in [6.07, 6.45) is 5.56. The lowest BCUT2D eigenvalue weighted by atomic mass is 9.66. The van der Waals surface area contributed by atoms with Gasteiger partial charge < -0.3 is 9.80 Å². The summed E-state index contributed by atoms with van der Waals surface area (Å²) < 4.78 is 0. The van der Waals surface area contributed by atoms with E-state index in [1.54, 1.807) is 0 Å². The smallest absolute Gasteiger partial charge is 0.195 e. The highest BCUT2D eigenvalue weighted by Gasteiger charge is 2.39. The lowest BCUT2D eigenvalue weighted by Crippen LogP contribution is -2.41. The Kier molecular flexibility index (Phi) is 4.08. The van der Waals surface area contributed by atoms with Crippen LogP contribution in [0.25, 0.3) is 0 Å². The third-order valence-electron chi connectivity index (χ3n) is 3.84. The third-order valence-corrected chi connectivity index (χ3v) is 3.84. The molecule has 0 radical (unpaired) electrons. The van der Waals surface area contributed by atoms with E-state index in [-0.39, 0.29) is 5.41 Å². The molecule has 1 aromatic heterocycles. The molecular weight excluding hydrogens is 236 g/mol. The maximum absolute atomic E-state index is 4.82. The highest BCUT2D eigenvalue weighted by molar-refractivity contribution is 5.79. The number of pyridine rings is 1. The molecule has 0 aromatic carbocycles.